The second kappa shape index (κ2) is 10.9. The molecule has 8 nitrogen and oxygen atoms in total. The highest BCUT2D eigenvalue weighted by Gasteiger charge is 2.20. The van der Waals surface area contributed by atoms with E-state index in [1.165, 1.54) is 12.1 Å². The lowest BCUT2D eigenvalue weighted by atomic mass is 10.0. The lowest BCUT2D eigenvalue weighted by Crippen LogP contribution is -2.23. The number of allylic oxidation sites excluding steroid dienone is 1. The van der Waals surface area contributed by atoms with Gasteiger partial charge in [0.05, 0.1) is 13.2 Å². The summed E-state index contributed by atoms with van der Waals surface area (Å²) in [6.07, 6.45) is 0. The van der Waals surface area contributed by atoms with E-state index < -0.39 is 5.97 Å². The first-order valence-electron chi connectivity index (χ1n) is 9.17. The molecule has 0 amide bonds. The normalized spacial score (nSPS) is 11.7. The summed E-state index contributed by atoms with van der Waals surface area (Å²) >= 11 is 0. The number of nitrogens with zero attached hydrogens (tertiary/aromatic N) is 3. The van der Waals surface area contributed by atoms with Crippen molar-refractivity contribution in [2.75, 3.05) is 19.8 Å². The number of rotatable bonds is 10. The number of halogens is 1. The zero-order valence-electron chi connectivity index (χ0n) is 16.6. The summed E-state index contributed by atoms with van der Waals surface area (Å²) in [5.74, 6) is -0.662. The molecular weight excluding hydrogens is 379 g/mol. The molecule has 0 bridgehead atoms. The first kappa shape index (κ1) is 22.0. The van der Waals surface area contributed by atoms with Crippen LogP contribution in [0.4, 0.5) is 4.39 Å². The molecular formula is C20H23FN4O4. The second-order valence-electron chi connectivity index (χ2n) is 6.26. The zero-order valence-corrected chi connectivity index (χ0v) is 16.6. The molecule has 9 heteroatoms. The topological polar surface area (TPSA) is 110 Å². The quantitative estimate of drug-likeness (QED) is 0.279. The number of nitrogens with one attached hydrogen (secondary N) is 1. The summed E-state index contributed by atoms with van der Waals surface area (Å²) in [5.41, 5.74) is 0.904. The van der Waals surface area contributed by atoms with Gasteiger partial charge in [0.1, 0.15) is 18.5 Å². The van der Waals surface area contributed by atoms with E-state index in [1.54, 1.807) is 12.1 Å². The molecule has 0 spiro atoms. The molecule has 1 aromatic carbocycles. The van der Waals surface area contributed by atoms with Crippen LogP contribution in [0.2, 0.25) is 0 Å². The molecule has 0 saturated heterocycles. The number of aromatic nitrogens is 2. The number of benzene rings is 1. The summed E-state index contributed by atoms with van der Waals surface area (Å²) in [6.45, 7) is 6.46. The highest BCUT2D eigenvalue weighted by molar-refractivity contribution is 5.93. The van der Waals surface area contributed by atoms with E-state index in [0.717, 1.165) is 0 Å². The molecule has 0 aliphatic heterocycles. The fraction of sp³-hybridized carbons (Fsp3) is 0.400. The van der Waals surface area contributed by atoms with E-state index in [2.05, 4.69) is 15.5 Å². The average molecular weight is 402 g/mol. The standard InChI is InChI=1S/C20H23FN4O4/c1-4-27-9-10-28-20(26)16(11-22)18(13(2)3)23-12-17-24-19(25-29-17)14-5-7-15(21)8-6-14/h5-8,13,23H,4,9-10,12H2,1-3H3/b18-16+. The van der Waals surface area contributed by atoms with Crippen LogP contribution in [0.3, 0.4) is 0 Å². The number of hydrogen-bond donors (Lipinski definition) is 1. The molecule has 0 atom stereocenters. The van der Waals surface area contributed by atoms with Crippen molar-refractivity contribution in [2.45, 2.75) is 27.3 Å². The Kier molecular flexibility index (Phi) is 8.30. The summed E-state index contributed by atoms with van der Waals surface area (Å²) in [7, 11) is 0. The number of ether oxygens (including phenoxy) is 2. The molecule has 2 aromatic rings. The largest absolute Gasteiger partial charge is 0.459 e. The lowest BCUT2D eigenvalue weighted by molar-refractivity contribution is -0.140. The molecule has 1 heterocycles. The Balaban J connectivity index is 2.08. The van der Waals surface area contributed by atoms with Crippen molar-refractivity contribution in [3.63, 3.8) is 0 Å². The van der Waals surface area contributed by atoms with Gasteiger partial charge >= 0.3 is 5.97 Å². The van der Waals surface area contributed by atoms with E-state index in [0.29, 0.717) is 23.7 Å². The van der Waals surface area contributed by atoms with Gasteiger partial charge in [0, 0.05) is 17.9 Å². The molecule has 2 rings (SSSR count). The predicted molar refractivity (Wildman–Crippen MR) is 101 cm³/mol. The first-order chi connectivity index (χ1) is 14.0. The van der Waals surface area contributed by atoms with Gasteiger partial charge in [0.2, 0.25) is 11.7 Å². The minimum atomic E-state index is -0.721. The van der Waals surface area contributed by atoms with Gasteiger partial charge in [0.15, 0.2) is 5.57 Å². The van der Waals surface area contributed by atoms with Crippen molar-refractivity contribution in [1.29, 1.82) is 5.26 Å². The monoisotopic (exact) mass is 402 g/mol. The Morgan fingerprint density at radius 2 is 2.03 bits per heavy atom. The number of carbonyl (C=O) groups excluding carboxylic acids is 1. The molecule has 0 saturated carbocycles. The molecule has 154 valence electrons. The van der Waals surface area contributed by atoms with Crippen LogP contribution < -0.4 is 5.32 Å². The fourth-order valence-corrected chi connectivity index (χ4v) is 2.42. The Labute approximate surface area is 168 Å². The van der Waals surface area contributed by atoms with E-state index in [-0.39, 0.29) is 43.0 Å². The minimum absolute atomic E-state index is 0.0634. The highest BCUT2D eigenvalue weighted by atomic mass is 19.1. The molecule has 0 aliphatic carbocycles. The van der Waals surface area contributed by atoms with E-state index in [4.69, 9.17) is 14.0 Å². The van der Waals surface area contributed by atoms with Crippen molar-refractivity contribution >= 4 is 5.97 Å². The van der Waals surface area contributed by atoms with Crippen molar-refractivity contribution < 1.29 is 23.2 Å². The number of carbonyl (C=O) groups is 1. The van der Waals surface area contributed by atoms with Crippen molar-refractivity contribution in [2.24, 2.45) is 5.92 Å². The molecule has 0 unspecified atom stereocenters. The molecule has 29 heavy (non-hydrogen) atoms. The van der Waals surface area contributed by atoms with Crippen LogP contribution in [0, 0.1) is 23.1 Å². The van der Waals surface area contributed by atoms with Crippen LogP contribution >= 0.6 is 0 Å². The second-order valence-corrected chi connectivity index (χ2v) is 6.26. The number of hydrogen-bond acceptors (Lipinski definition) is 8. The third kappa shape index (κ3) is 6.40. The predicted octanol–water partition coefficient (Wildman–Crippen LogP) is 2.98. The molecule has 0 radical (unpaired) electrons. The van der Waals surface area contributed by atoms with E-state index in [1.807, 2.05) is 26.8 Å². The summed E-state index contributed by atoms with van der Waals surface area (Å²) < 4.78 is 28.4. The average Bonchev–Trinajstić information content (AvgIpc) is 3.17. The van der Waals surface area contributed by atoms with Gasteiger partial charge in [-0.3, -0.25) is 0 Å². The number of nitriles is 1. The van der Waals surface area contributed by atoms with E-state index >= 15 is 0 Å². The van der Waals surface area contributed by atoms with Crippen LogP contribution in [0.15, 0.2) is 40.1 Å². The maximum Gasteiger partial charge on any atom is 0.350 e. The summed E-state index contributed by atoms with van der Waals surface area (Å²) in [5, 5.41) is 16.3. The molecule has 1 aromatic heterocycles. The van der Waals surface area contributed by atoms with Crippen molar-refractivity contribution in [3.05, 3.63) is 47.2 Å². The summed E-state index contributed by atoms with van der Waals surface area (Å²) in [6, 6.07) is 7.60. The Hall–Kier alpha value is -3.25. The first-order valence-corrected chi connectivity index (χ1v) is 9.17. The molecule has 1 N–H and O–H groups in total. The lowest BCUT2D eigenvalue weighted by Gasteiger charge is -2.15. The smallest absolute Gasteiger partial charge is 0.350 e. The van der Waals surface area contributed by atoms with Gasteiger partial charge in [-0.1, -0.05) is 19.0 Å². The Bertz CT molecular complexity index is 885. The Morgan fingerprint density at radius 1 is 1.31 bits per heavy atom. The van der Waals surface area contributed by atoms with E-state index in [9.17, 15) is 14.4 Å². The molecule has 0 aliphatic rings. The van der Waals surface area contributed by atoms with Gasteiger partial charge in [0.25, 0.3) is 0 Å². The third-order valence-corrected chi connectivity index (χ3v) is 3.83. The van der Waals surface area contributed by atoms with Crippen LogP contribution in [0.1, 0.15) is 26.7 Å². The SMILES string of the molecule is CCOCCOC(=O)/C(C#N)=C(/NCc1nc(-c2ccc(F)cc2)no1)C(C)C. The highest BCUT2D eigenvalue weighted by Crippen LogP contribution is 2.17. The minimum Gasteiger partial charge on any atom is -0.459 e. The van der Waals surface area contributed by atoms with Gasteiger partial charge in [-0.15, -0.1) is 0 Å². The van der Waals surface area contributed by atoms with Gasteiger partial charge in [-0.05, 0) is 37.1 Å². The number of esters is 1. The van der Waals surface area contributed by atoms with Gasteiger partial charge in [-0.25, -0.2) is 9.18 Å². The third-order valence-electron chi connectivity index (χ3n) is 3.83. The van der Waals surface area contributed by atoms with Crippen LogP contribution in [0.5, 0.6) is 0 Å². The summed E-state index contributed by atoms with van der Waals surface area (Å²) in [4.78, 5) is 16.5. The van der Waals surface area contributed by atoms with Gasteiger partial charge in [-0.2, -0.15) is 10.2 Å². The van der Waals surface area contributed by atoms with Crippen LogP contribution in [-0.2, 0) is 20.8 Å². The fourth-order valence-electron chi connectivity index (χ4n) is 2.42. The maximum absolute atomic E-state index is 13.0. The Morgan fingerprint density at radius 3 is 2.66 bits per heavy atom. The zero-order chi connectivity index (χ0) is 21.2. The van der Waals surface area contributed by atoms with Gasteiger partial charge < -0.3 is 19.3 Å². The molecule has 0 fully saturated rings. The van der Waals surface area contributed by atoms with Crippen molar-refractivity contribution in [3.8, 4) is 17.5 Å². The van der Waals surface area contributed by atoms with Crippen LogP contribution in [-0.4, -0.2) is 35.9 Å². The van der Waals surface area contributed by atoms with Crippen molar-refractivity contribution in [1.82, 2.24) is 15.5 Å². The van der Waals surface area contributed by atoms with Crippen LogP contribution in [0.25, 0.3) is 11.4 Å². The maximum atomic E-state index is 13.0.